The van der Waals surface area contributed by atoms with Crippen molar-refractivity contribution in [2.45, 2.75) is 57.8 Å². The molecule has 228 valence electrons. The van der Waals surface area contributed by atoms with Gasteiger partial charge in [-0.05, 0) is 67.8 Å². The molecule has 0 saturated carbocycles. The maximum atomic E-state index is 12.2. The average molecular weight is 664 g/mol. The number of hydrogen-bond donors (Lipinski definition) is 0. The predicted octanol–water partition coefficient (Wildman–Crippen LogP) is 8.01. The van der Waals surface area contributed by atoms with Crippen molar-refractivity contribution in [1.29, 1.82) is 0 Å². The molecule has 4 aromatic carbocycles. The third-order valence-electron chi connectivity index (χ3n) is 7.86. The lowest BCUT2D eigenvalue weighted by molar-refractivity contribution is -0.270. The first-order valence-corrected chi connectivity index (χ1v) is 17.2. The Morgan fingerprint density at radius 2 is 1.07 bits per heavy atom. The zero-order valence-electron chi connectivity index (χ0n) is 25.2. The van der Waals surface area contributed by atoms with Crippen LogP contribution >= 0.6 is 24.2 Å². The summed E-state index contributed by atoms with van der Waals surface area (Å²) < 4.78 is 10.4. The summed E-state index contributed by atoms with van der Waals surface area (Å²) in [5.41, 5.74) is 0.349. The van der Waals surface area contributed by atoms with Gasteiger partial charge in [0.15, 0.2) is 0 Å². The third kappa shape index (κ3) is 9.68. The molecule has 0 amide bonds. The van der Waals surface area contributed by atoms with Crippen LogP contribution in [0.15, 0.2) is 109 Å². The van der Waals surface area contributed by atoms with E-state index in [9.17, 15) is 9.90 Å². The molecule has 4 rings (SSSR count). The number of rotatable bonds is 17. The number of unbranched alkanes of at least 4 members (excludes halogenated alkanes) is 8. The summed E-state index contributed by atoms with van der Waals surface area (Å²) in [5.74, 6) is -0.490. The topological polar surface area (TPSA) is 58.6 Å². The van der Waals surface area contributed by atoms with E-state index in [0.29, 0.717) is 12.2 Å². The fraction of sp³-hybridized carbons (Fsp3) is 0.324. The molecule has 0 aliphatic rings. The van der Waals surface area contributed by atoms with Crippen LogP contribution in [-0.4, -0.2) is 25.8 Å². The van der Waals surface area contributed by atoms with Crippen LogP contribution in [-0.2, 0) is 4.74 Å². The molecule has 4 nitrogen and oxygen atoms in total. The molecule has 0 radical (unpaired) electrons. The molecule has 6 heteroatoms. The van der Waals surface area contributed by atoms with Gasteiger partial charge in [-0.25, -0.2) is 4.79 Å². The van der Waals surface area contributed by atoms with Gasteiger partial charge in [0.1, 0.15) is 28.9 Å². The van der Waals surface area contributed by atoms with Crippen LogP contribution in [0, 0.1) is 0 Å². The summed E-state index contributed by atoms with van der Waals surface area (Å²) in [5, 5.41) is 16.0. The Hall–Kier alpha value is -3.14. The Balaban J connectivity index is 0.00000506. The molecule has 0 fully saturated rings. The summed E-state index contributed by atoms with van der Waals surface area (Å²) in [6.07, 6.45) is 11.7. The van der Waals surface area contributed by atoms with Gasteiger partial charge in [0.2, 0.25) is 0 Å². The number of halogens is 1. The maximum Gasteiger partial charge on any atom is 0.338 e. The lowest BCUT2D eigenvalue weighted by Gasteiger charge is -2.27. The summed E-state index contributed by atoms with van der Waals surface area (Å²) in [6.45, 7) is 0.398. The highest BCUT2D eigenvalue weighted by Crippen LogP contribution is 2.56. The van der Waals surface area contributed by atoms with Crippen LogP contribution < -0.4 is 25.8 Å². The van der Waals surface area contributed by atoms with Gasteiger partial charge in [-0.15, -0.1) is 17.0 Å². The molecule has 0 aliphatic carbocycles. The first-order valence-electron chi connectivity index (χ1n) is 15.2. The SMILES string of the molecule is Br.COc1cc(C(=O)OCCCCCCCCCCC[P+](c2ccccc2)(c2ccccc2)c2ccccc2)ccc1[O-]. The number of hydrogen-bond acceptors (Lipinski definition) is 4. The fourth-order valence-corrected chi connectivity index (χ4v) is 10.0. The van der Waals surface area contributed by atoms with E-state index >= 15 is 0 Å². The summed E-state index contributed by atoms with van der Waals surface area (Å²) in [7, 11) is -0.302. The van der Waals surface area contributed by atoms with Crippen LogP contribution in [0.5, 0.6) is 11.5 Å². The van der Waals surface area contributed by atoms with Crippen molar-refractivity contribution in [3.05, 3.63) is 115 Å². The van der Waals surface area contributed by atoms with Crippen molar-refractivity contribution in [3.63, 3.8) is 0 Å². The molecular weight excluding hydrogens is 619 g/mol. The Morgan fingerprint density at radius 1 is 0.628 bits per heavy atom. The third-order valence-corrected chi connectivity index (χ3v) is 12.4. The smallest absolute Gasteiger partial charge is 0.338 e. The summed E-state index contributed by atoms with van der Waals surface area (Å²) in [6, 6.07) is 37.7. The highest BCUT2D eigenvalue weighted by molar-refractivity contribution is 8.93. The monoisotopic (exact) mass is 662 g/mol. The number of methoxy groups -OCH3 is 1. The second-order valence-electron chi connectivity index (χ2n) is 10.7. The summed E-state index contributed by atoms with van der Waals surface area (Å²) in [4.78, 5) is 12.2. The highest BCUT2D eigenvalue weighted by atomic mass is 79.9. The molecule has 4 aromatic rings. The number of esters is 1. The highest BCUT2D eigenvalue weighted by Gasteiger charge is 2.44. The van der Waals surface area contributed by atoms with E-state index in [-0.39, 0.29) is 28.5 Å². The second kappa shape index (κ2) is 18.5. The van der Waals surface area contributed by atoms with Gasteiger partial charge in [0.05, 0.1) is 25.4 Å². The molecule has 0 N–H and O–H groups in total. The van der Waals surface area contributed by atoms with Gasteiger partial charge < -0.3 is 14.6 Å². The first kappa shape index (κ1) is 34.4. The predicted molar refractivity (Wildman–Crippen MR) is 185 cm³/mol. The van der Waals surface area contributed by atoms with E-state index in [2.05, 4.69) is 91.0 Å². The van der Waals surface area contributed by atoms with Crippen molar-refractivity contribution < 1.29 is 19.4 Å². The van der Waals surface area contributed by atoms with E-state index in [1.165, 1.54) is 85.9 Å². The van der Waals surface area contributed by atoms with Crippen molar-refractivity contribution in [1.82, 2.24) is 0 Å². The van der Waals surface area contributed by atoms with Crippen molar-refractivity contribution >= 4 is 46.1 Å². The Morgan fingerprint density at radius 3 is 1.53 bits per heavy atom. The molecule has 0 spiro atoms. The van der Waals surface area contributed by atoms with Crippen LogP contribution in [0.2, 0.25) is 0 Å². The Labute approximate surface area is 268 Å². The zero-order chi connectivity index (χ0) is 29.5. The molecule has 0 aliphatic heterocycles. The molecule has 0 atom stereocenters. The van der Waals surface area contributed by atoms with Crippen molar-refractivity contribution in [2.24, 2.45) is 0 Å². The average Bonchev–Trinajstić information content (AvgIpc) is 3.05. The molecule has 43 heavy (non-hydrogen) atoms. The lowest BCUT2D eigenvalue weighted by Crippen LogP contribution is -2.33. The van der Waals surface area contributed by atoms with Crippen LogP contribution in [0.4, 0.5) is 0 Å². The largest absolute Gasteiger partial charge is 0.870 e. The molecule has 0 bridgehead atoms. The van der Waals surface area contributed by atoms with Crippen molar-refractivity contribution in [3.8, 4) is 11.5 Å². The van der Waals surface area contributed by atoms with Gasteiger partial charge in [0.25, 0.3) is 0 Å². The molecule has 0 aromatic heterocycles. The van der Waals surface area contributed by atoms with E-state index in [1.807, 2.05) is 0 Å². The maximum absolute atomic E-state index is 12.2. The van der Waals surface area contributed by atoms with E-state index in [1.54, 1.807) is 0 Å². The van der Waals surface area contributed by atoms with Gasteiger partial charge in [0, 0.05) is 0 Å². The first-order chi connectivity index (χ1) is 20.6. The van der Waals surface area contributed by atoms with Crippen LogP contribution in [0.1, 0.15) is 68.1 Å². The minimum atomic E-state index is -1.72. The van der Waals surface area contributed by atoms with Crippen LogP contribution in [0.3, 0.4) is 0 Å². The van der Waals surface area contributed by atoms with E-state index in [0.717, 1.165) is 19.3 Å². The second-order valence-corrected chi connectivity index (χ2v) is 14.3. The normalized spacial score (nSPS) is 11.0. The molecule has 0 unspecified atom stereocenters. The molecular formula is C37H44BrO4P. The quantitative estimate of drug-likeness (QED) is 0.0653. The Kier molecular flexibility index (Phi) is 14.8. The number of carbonyl (C=O) groups is 1. The minimum Gasteiger partial charge on any atom is -0.870 e. The zero-order valence-corrected chi connectivity index (χ0v) is 27.8. The minimum absolute atomic E-state index is 0. The number of ether oxygens (including phenoxy) is 2. The van der Waals surface area contributed by atoms with Gasteiger partial charge >= 0.3 is 5.97 Å². The van der Waals surface area contributed by atoms with Gasteiger partial charge in [-0.1, -0.05) is 105 Å². The molecule has 0 saturated heterocycles. The Bertz CT molecular complexity index is 1250. The van der Waals surface area contributed by atoms with E-state index in [4.69, 9.17) is 9.47 Å². The van der Waals surface area contributed by atoms with Crippen LogP contribution in [0.25, 0.3) is 0 Å². The number of benzene rings is 4. The standard InChI is InChI=1S/C37H43O4P.BrH/c1-40-36-30-31(26-27-35(36)38)37(39)41-28-18-7-5-3-2-4-6-8-19-29-42(32-20-12-9-13-21-32,33-22-14-10-15-23-33)34-24-16-11-17-25-34;/h9-17,20-27,30H,2-8,18-19,28-29H2,1H3;1H. The van der Waals surface area contributed by atoms with E-state index < -0.39 is 13.2 Å². The van der Waals surface area contributed by atoms with Crippen molar-refractivity contribution in [2.75, 3.05) is 19.9 Å². The van der Waals surface area contributed by atoms with Gasteiger partial charge in [-0.2, -0.15) is 0 Å². The van der Waals surface area contributed by atoms with Gasteiger partial charge in [-0.3, -0.25) is 0 Å². The fourth-order valence-electron chi connectivity index (χ4n) is 5.61. The summed E-state index contributed by atoms with van der Waals surface area (Å²) >= 11 is 0. The number of carbonyl (C=O) groups excluding carboxylic acids is 1. The molecule has 0 heterocycles. The lowest BCUT2D eigenvalue weighted by atomic mass is 10.1.